The van der Waals surface area contributed by atoms with Crippen LogP contribution in [-0.4, -0.2) is 21.0 Å². The molecule has 0 saturated heterocycles. The van der Waals surface area contributed by atoms with Crippen LogP contribution < -0.4 is 0 Å². The van der Waals surface area contributed by atoms with Crippen molar-refractivity contribution in [2.75, 3.05) is 0 Å². The van der Waals surface area contributed by atoms with Crippen molar-refractivity contribution in [3.63, 3.8) is 0 Å². The highest BCUT2D eigenvalue weighted by molar-refractivity contribution is 5.84. The number of carboxylic acid groups (broad SMARTS) is 1. The average molecular weight is 250 g/mol. The Hall–Kier alpha value is -2.37. The van der Waals surface area contributed by atoms with Crippen LogP contribution in [0.3, 0.4) is 0 Å². The van der Waals surface area contributed by atoms with E-state index in [1.807, 2.05) is 0 Å². The van der Waals surface area contributed by atoms with Crippen LogP contribution in [0.25, 0.3) is 11.3 Å². The van der Waals surface area contributed by atoms with Crippen LogP contribution in [0, 0.1) is 18.6 Å². The molecule has 0 aliphatic rings. The summed E-state index contributed by atoms with van der Waals surface area (Å²) in [7, 11) is 0. The van der Waals surface area contributed by atoms with Gasteiger partial charge in [0.05, 0.1) is 5.69 Å². The van der Waals surface area contributed by atoms with E-state index in [1.54, 1.807) is 6.92 Å². The van der Waals surface area contributed by atoms with Gasteiger partial charge >= 0.3 is 5.97 Å². The van der Waals surface area contributed by atoms with Crippen molar-refractivity contribution in [1.82, 2.24) is 9.97 Å². The Morgan fingerprint density at radius 3 is 2.28 bits per heavy atom. The van der Waals surface area contributed by atoms with Gasteiger partial charge in [-0.15, -0.1) is 0 Å². The molecule has 2 aromatic rings. The maximum Gasteiger partial charge on any atom is 0.373 e. The standard InChI is InChI=1S/C12H8F2N2O2/c1-6-2-10(16-11(15-6)12(17)18)7-3-8(13)5-9(14)4-7/h2-5H,1H3,(H,17,18). The first-order valence-corrected chi connectivity index (χ1v) is 5.01. The molecular weight excluding hydrogens is 242 g/mol. The Morgan fingerprint density at radius 1 is 1.11 bits per heavy atom. The van der Waals surface area contributed by atoms with Crippen LogP contribution >= 0.6 is 0 Å². The molecule has 0 bridgehead atoms. The number of aromatic carboxylic acids is 1. The van der Waals surface area contributed by atoms with Crippen molar-refractivity contribution in [2.24, 2.45) is 0 Å². The maximum atomic E-state index is 13.1. The molecule has 2 rings (SSSR count). The lowest BCUT2D eigenvalue weighted by atomic mass is 10.1. The summed E-state index contributed by atoms with van der Waals surface area (Å²) in [5.41, 5.74) is 0.737. The molecule has 0 spiro atoms. The largest absolute Gasteiger partial charge is 0.475 e. The molecule has 0 fully saturated rings. The molecule has 0 radical (unpaired) electrons. The van der Waals surface area contributed by atoms with E-state index in [2.05, 4.69) is 9.97 Å². The second kappa shape index (κ2) is 4.48. The van der Waals surface area contributed by atoms with E-state index in [0.29, 0.717) is 5.69 Å². The Kier molecular flexibility index (Phi) is 3.01. The number of carboxylic acids is 1. The van der Waals surface area contributed by atoms with Crippen LogP contribution in [0.2, 0.25) is 0 Å². The quantitative estimate of drug-likeness (QED) is 0.889. The number of benzene rings is 1. The minimum absolute atomic E-state index is 0.165. The summed E-state index contributed by atoms with van der Waals surface area (Å²) in [5, 5.41) is 8.82. The third-order valence-electron chi connectivity index (χ3n) is 2.20. The molecule has 92 valence electrons. The van der Waals surface area contributed by atoms with E-state index in [4.69, 9.17) is 5.11 Å². The smallest absolute Gasteiger partial charge is 0.373 e. The SMILES string of the molecule is Cc1cc(-c2cc(F)cc(F)c2)nc(C(=O)O)n1. The van der Waals surface area contributed by atoms with Gasteiger partial charge in [-0.2, -0.15) is 0 Å². The normalized spacial score (nSPS) is 10.4. The van der Waals surface area contributed by atoms with E-state index in [-0.39, 0.29) is 11.3 Å². The van der Waals surface area contributed by atoms with Gasteiger partial charge in [0.1, 0.15) is 11.6 Å². The van der Waals surface area contributed by atoms with Crippen LogP contribution in [0.5, 0.6) is 0 Å². The molecule has 1 heterocycles. The lowest BCUT2D eigenvalue weighted by Gasteiger charge is -2.04. The highest BCUT2D eigenvalue weighted by atomic mass is 19.1. The average Bonchev–Trinajstić information content (AvgIpc) is 2.26. The number of halogens is 2. The van der Waals surface area contributed by atoms with Crippen LogP contribution in [0.15, 0.2) is 24.3 Å². The zero-order valence-electron chi connectivity index (χ0n) is 9.32. The summed E-state index contributed by atoms with van der Waals surface area (Å²) in [5.74, 6) is -3.21. The predicted octanol–water partition coefficient (Wildman–Crippen LogP) is 2.43. The molecule has 1 N–H and O–H groups in total. The van der Waals surface area contributed by atoms with Gasteiger partial charge in [-0.25, -0.2) is 23.5 Å². The zero-order chi connectivity index (χ0) is 13.3. The Morgan fingerprint density at radius 2 is 1.72 bits per heavy atom. The van der Waals surface area contributed by atoms with Crippen molar-refractivity contribution in [3.05, 3.63) is 47.4 Å². The number of nitrogens with zero attached hydrogens (tertiary/aromatic N) is 2. The molecule has 6 heteroatoms. The van der Waals surface area contributed by atoms with E-state index in [9.17, 15) is 13.6 Å². The summed E-state index contributed by atoms with van der Waals surface area (Å²) >= 11 is 0. The highest BCUT2D eigenvalue weighted by Gasteiger charge is 2.11. The molecular formula is C12H8F2N2O2. The number of hydrogen-bond donors (Lipinski definition) is 1. The fourth-order valence-corrected chi connectivity index (χ4v) is 1.51. The van der Waals surface area contributed by atoms with Crippen molar-refractivity contribution in [1.29, 1.82) is 0 Å². The molecule has 0 saturated carbocycles. The lowest BCUT2D eigenvalue weighted by molar-refractivity contribution is 0.0683. The van der Waals surface area contributed by atoms with Crippen LogP contribution in [0.4, 0.5) is 8.78 Å². The monoisotopic (exact) mass is 250 g/mol. The van der Waals surface area contributed by atoms with Crippen LogP contribution in [0.1, 0.15) is 16.3 Å². The molecule has 0 atom stereocenters. The van der Waals surface area contributed by atoms with E-state index >= 15 is 0 Å². The number of aromatic nitrogens is 2. The van der Waals surface area contributed by atoms with Gasteiger partial charge < -0.3 is 5.11 Å². The number of carbonyl (C=O) groups is 1. The Balaban J connectivity index is 2.59. The first-order valence-electron chi connectivity index (χ1n) is 5.01. The van der Waals surface area contributed by atoms with Gasteiger partial charge in [-0.1, -0.05) is 0 Å². The van der Waals surface area contributed by atoms with E-state index in [0.717, 1.165) is 18.2 Å². The van der Waals surface area contributed by atoms with Gasteiger partial charge in [0.25, 0.3) is 0 Å². The first-order chi connectivity index (χ1) is 8.45. The summed E-state index contributed by atoms with van der Waals surface area (Å²) in [6.45, 7) is 1.58. The molecule has 0 aliphatic heterocycles. The van der Waals surface area contributed by atoms with Gasteiger partial charge in [0.2, 0.25) is 5.82 Å². The molecule has 4 nitrogen and oxygen atoms in total. The molecule has 1 aromatic carbocycles. The molecule has 18 heavy (non-hydrogen) atoms. The number of aryl methyl sites for hydroxylation is 1. The summed E-state index contributed by atoms with van der Waals surface area (Å²) in [6.07, 6.45) is 0. The second-order valence-electron chi connectivity index (χ2n) is 3.68. The number of hydrogen-bond acceptors (Lipinski definition) is 3. The van der Waals surface area contributed by atoms with E-state index < -0.39 is 23.4 Å². The Labute approximate surface area is 101 Å². The molecule has 0 unspecified atom stereocenters. The van der Waals surface area contributed by atoms with Gasteiger partial charge in [0, 0.05) is 17.3 Å². The van der Waals surface area contributed by atoms with Crippen molar-refractivity contribution >= 4 is 5.97 Å². The van der Waals surface area contributed by atoms with Crippen molar-refractivity contribution in [3.8, 4) is 11.3 Å². The van der Waals surface area contributed by atoms with Gasteiger partial charge in [0.15, 0.2) is 0 Å². The molecule has 0 aliphatic carbocycles. The molecule has 0 amide bonds. The van der Waals surface area contributed by atoms with Crippen LogP contribution in [-0.2, 0) is 0 Å². The minimum atomic E-state index is -1.29. The predicted molar refractivity (Wildman–Crippen MR) is 59.1 cm³/mol. The summed E-state index contributed by atoms with van der Waals surface area (Å²) in [4.78, 5) is 18.2. The minimum Gasteiger partial charge on any atom is -0.475 e. The third kappa shape index (κ3) is 2.48. The lowest BCUT2D eigenvalue weighted by Crippen LogP contribution is -2.06. The summed E-state index contributed by atoms with van der Waals surface area (Å²) < 4.78 is 26.1. The zero-order valence-corrected chi connectivity index (χ0v) is 9.32. The summed E-state index contributed by atoms with van der Waals surface area (Å²) in [6, 6.07) is 4.35. The van der Waals surface area contributed by atoms with Crippen molar-refractivity contribution in [2.45, 2.75) is 6.92 Å². The molecule has 1 aromatic heterocycles. The fourth-order valence-electron chi connectivity index (χ4n) is 1.51. The number of rotatable bonds is 2. The second-order valence-corrected chi connectivity index (χ2v) is 3.68. The highest BCUT2D eigenvalue weighted by Crippen LogP contribution is 2.20. The maximum absolute atomic E-state index is 13.1. The first kappa shape index (κ1) is 12.1. The van der Waals surface area contributed by atoms with E-state index in [1.165, 1.54) is 6.07 Å². The van der Waals surface area contributed by atoms with Gasteiger partial charge in [-0.05, 0) is 25.1 Å². The topological polar surface area (TPSA) is 63.1 Å². The fraction of sp³-hybridized carbons (Fsp3) is 0.0833. The Bertz CT molecular complexity index is 609. The van der Waals surface area contributed by atoms with Crippen molar-refractivity contribution < 1.29 is 18.7 Å². The van der Waals surface area contributed by atoms with Gasteiger partial charge in [-0.3, -0.25) is 0 Å². The third-order valence-corrected chi connectivity index (χ3v) is 2.20.